The molecule has 0 aliphatic carbocycles. The van der Waals surface area contributed by atoms with Crippen LogP contribution in [0.5, 0.6) is 5.75 Å². The number of aliphatic hydroxyl groups is 1. The van der Waals surface area contributed by atoms with Gasteiger partial charge in [0, 0.05) is 18.0 Å². The summed E-state index contributed by atoms with van der Waals surface area (Å²) < 4.78 is 5.36. The van der Waals surface area contributed by atoms with Crippen LogP contribution in [0.15, 0.2) is 24.3 Å². The smallest absolute Gasteiger partial charge is 0.119 e. The van der Waals surface area contributed by atoms with Crippen LogP contribution >= 0.6 is 11.6 Å². The zero-order valence-corrected chi connectivity index (χ0v) is 8.57. The van der Waals surface area contributed by atoms with E-state index >= 15 is 0 Å². The average molecular weight is 216 g/mol. The lowest BCUT2D eigenvalue weighted by molar-refractivity contribution is 0.146. The number of ether oxygens (including phenoxy) is 1. The third-order valence-corrected chi connectivity index (χ3v) is 2.06. The quantitative estimate of drug-likeness (QED) is 0.782. The fraction of sp³-hybridized carbons (Fsp3) is 0.400. The molecule has 78 valence electrons. The molecule has 0 saturated carbocycles. The lowest BCUT2D eigenvalue weighted by Gasteiger charge is -2.09. The van der Waals surface area contributed by atoms with Crippen molar-refractivity contribution in [3.8, 4) is 5.75 Å². The van der Waals surface area contributed by atoms with Crippen LogP contribution in [0.25, 0.3) is 0 Å². The van der Waals surface area contributed by atoms with Gasteiger partial charge < -0.3 is 15.6 Å². The van der Waals surface area contributed by atoms with Crippen molar-refractivity contribution >= 4 is 11.6 Å². The predicted molar refractivity (Wildman–Crippen MR) is 56.6 cm³/mol. The van der Waals surface area contributed by atoms with E-state index in [2.05, 4.69) is 0 Å². The van der Waals surface area contributed by atoms with Crippen molar-refractivity contribution < 1.29 is 9.84 Å². The summed E-state index contributed by atoms with van der Waals surface area (Å²) in [7, 11) is 0. The van der Waals surface area contributed by atoms with E-state index in [1.807, 2.05) is 0 Å². The van der Waals surface area contributed by atoms with Crippen LogP contribution in [0.2, 0.25) is 5.02 Å². The molecule has 3 nitrogen and oxygen atoms in total. The first-order valence-corrected chi connectivity index (χ1v) is 4.86. The van der Waals surface area contributed by atoms with Gasteiger partial charge in [0.25, 0.3) is 0 Å². The van der Waals surface area contributed by atoms with Gasteiger partial charge in [-0.25, -0.2) is 0 Å². The van der Waals surface area contributed by atoms with Crippen LogP contribution in [0.4, 0.5) is 0 Å². The highest BCUT2D eigenvalue weighted by Crippen LogP contribution is 2.15. The molecule has 3 N–H and O–H groups in total. The number of rotatable bonds is 5. The molecule has 0 spiro atoms. The molecule has 0 fully saturated rings. The Morgan fingerprint density at radius 2 is 2.00 bits per heavy atom. The second kappa shape index (κ2) is 5.86. The second-order valence-electron chi connectivity index (χ2n) is 2.98. The molecule has 1 aromatic rings. The molecular weight excluding hydrogens is 202 g/mol. The molecule has 1 unspecified atom stereocenters. The monoisotopic (exact) mass is 215 g/mol. The van der Waals surface area contributed by atoms with E-state index in [-0.39, 0.29) is 6.54 Å². The lowest BCUT2D eigenvalue weighted by atomic mass is 10.3. The molecule has 0 heterocycles. The summed E-state index contributed by atoms with van der Waals surface area (Å²) >= 11 is 5.71. The van der Waals surface area contributed by atoms with E-state index in [1.165, 1.54) is 0 Å². The van der Waals surface area contributed by atoms with Crippen molar-refractivity contribution in [2.24, 2.45) is 5.73 Å². The van der Waals surface area contributed by atoms with Crippen molar-refractivity contribution in [1.82, 2.24) is 0 Å². The first-order valence-electron chi connectivity index (χ1n) is 4.49. The van der Waals surface area contributed by atoms with Crippen LogP contribution < -0.4 is 10.5 Å². The molecule has 0 radical (unpaired) electrons. The van der Waals surface area contributed by atoms with E-state index < -0.39 is 6.10 Å². The SMILES string of the molecule is NCC(O)CCOc1ccc(Cl)cc1. The third kappa shape index (κ3) is 3.96. The lowest BCUT2D eigenvalue weighted by Crippen LogP contribution is -2.21. The highest BCUT2D eigenvalue weighted by Gasteiger charge is 2.00. The van der Waals surface area contributed by atoms with E-state index in [0.29, 0.717) is 18.1 Å². The van der Waals surface area contributed by atoms with Crippen LogP contribution in [-0.4, -0.2) is 24.4 Å². The Morgan fingerprint density at radius 1 is 1.36 bits per heavy atom. The average Bonchev–Trinajstić information content (AvgIpc) is 2.21. The van der Waals surface area contributed by atoms with Gasteiger partial charge in [0.1, 0.15) is 5.75 Å². The Hall–Kier alpha value is -0.770. The fourth-order valence-corrected chi connectivity index (χ4v) is 1.09. The minimum atomic E-state index is -0.484. The standard InChI is InChI=1S/C10H14ClNO2/c11-8-1-3-10(4-2-8)14-6-5-9(13)7-12/h1-4,9,13H,5-7,12H2. The van der Waals surface area contributed by atoms with E-state index in [1.54, 1.807) is 24.3 Å². The van der Waals surface area contributed by atoms with Crippen LogP contribution in [-0.2, 0) is 0 Å². The number of aliphatic hydroxyl groups excluding tert-OH is 1. The molecule has 1 aromatic carbocycles. The number of hydrogen-bond acceptors (Lipinski definition) is 3. The number of halogens is 1. The highest BCUT2D eigenvalue weighted by molar-refractivity contribution is 6.30. The van der Waals surface area contributed by atoms with Gasteiger partial charge in [0.15, 0.2) is 0 Å². The Morgan fingerprint density at radius 3 is 2.57 bits per heavy atom. The van der Waals surface area contributed by atoms with Gasteiger partial charge >= 0.3 is 0 Å². The Labute approximate surface area is 88.4 Å². The molecule has 0 amide bonds. The zero-order chi connectivity index (χ0) is 10.4. The number of benzene rings is 1. The molecular formula is C10H14ClNO2. The number of hydrogen-bond donors (Lipinski definition) is 2. The zero-order valence-electron chi connectivity index (χ0n) is 7.82. The van der Waals surface area contributed by atoms with Gasteiger partial charge in [-0.05, 0) is 24.3 Å². The van der Waals surface area contributed by atoms with Gasteiger partial charge in [0.2, 0.25) is 0 Å². The van der Waals surface area contributed by atoms with Crippen LogP contribution in [0, 0.1) is 0 Å². The maximum Gasteiger partial charge on any atom is 0.119 e. The minimum absolute atomic E-state index is 0.268. The van der Waals surface area contributed by atoms with E-state index in [9.17, 15) is 0 Å². The molecule has 0 aliphatic rings. The maximum atomic E-state index is 9.15. The summed E-state index contributed by atoms with van der Waals surface area (Å²) in [4.78, 5) is 0. The van der Waals surface area contributed by atoms with E-state index in [0.717, 1.165) is 5.75 Å². The van der Waals surface area contributed by atoms with Gasteiger partial charge in [0.05, 0.1) is 12.7 Å². The minimum Gasteiger partial charge on any atom is -0.493 e. The Balaban J connectivity index is 2.28. The molecule has 1 rings (SSSR count). The first kappa shape index (κ1) is 11.3. The normalized spacial score (nSPS) is 12.5. The van der Waals surface area contributed by atoms with Gasteiger partial charge in [-0.2, -0.15) is 0 Å². The summed E-state index contributed by atoms with van der Waals surface area (Å²) in [5, 5.41) is 9.83. The van der Waals surface area contributed by atoms with E-state index in [4.69, 9.17) is 27.2 Å². The molecule has 0 aromatic heterocycles. The molecule has 4 heteroatoms. The van der Waals surface area contributed by atoms with Crippen molar-refractivity contribution in [2.75, 3.05) is 13.2 Å². The predicted octanol–water partition coefficient (Wildman–Crippen LogP) is 1.43. The Kier molecular flexibility index (Phi) is 4.73. The van der Waals surface area contributed by atoms with Crippen molar-refractivity contribution in [2.45, 2.75) is 12.5 Å². The van der Waals surface area contributed by atoms with Crippen LogP contribution in [0.3, 0.4) is 0 Å². The molecule has 14 heavy (non-hydrogen) atoms. The number of nitrogens with two attached hydrogens (primary N) is 1. The van der Waals surface area contributed by atoms with Crippen molar-refractivity contribution in [3.63, 3.8) is 0 Å². The molecule has 0 bridgehead atoms. The summed E-state index contributed by atoms with van der Waals surface area (Å²) in [6, 6.07) is 7.10. The fourth-order valence-electron chi connectivity index (χ4n) is 0.961. The summed E-state index contributed by atoms with van der Waals surface area (Å²) in [5.41, 5.74) is 5.25. The third-order valence-electron chi connectivity index (χ3n) is 1.81. The first-order chi connectivity index (χ1) is 6.72. The van der Waals surface area contributed by atoms with Crippen molar-refractivity contribution in [1.29, 1.82) is 0 Å². The van der Waals surface area contributed by atoms with Crippen molar-refractivity contribution in [3.05, 3.63) is 29.3 Å². The summed E-state index contributed by atoms with van der Waals surface area (Å²) in [6.45, 7) is 0.726. The summed E-state index contributed by atoms with van der Waals surface area (Å²) in [5.74, 6) is 0.749. The second-order valence-corrected chi connectivity index (χ2v) is 3.42. The molecule has 0 saturated heterocycles. The Bertz CT molecular complexity index is 263. The largest absolute Gasteiger partial charge is 0.493 e. The maximum absolute atomic E-state index is 9.15. The van der Waals surface area contributed by atoms with Gasteiger partial charge in [-0.15, -0.1) is 0 Å². The van der Waals surface area contributed by atoms with Gasteiger partial charge in [-0.1, -0.05) is 11.6 Å². The molecule has 1 atom stereocenters. The molecule has 0 aliphatic heterocycles. The topological polar surface area (TPSA) is 55.5 Å². The highest BCUT2D eigenvalue weighted by atomic mass is 35.5. The van der Waals surface area contributed by atoms with Crippen LogP contribution in [0.1, 0.15) is 6.42 Å². The van der Waals surface area contributed by atoms with Gasteiger partial charge in [-0.3, -0.25) is 0 Å². The summed E-state index contributed by atoms with van der Waals surface area (Å²) in [6.07, 6.45) is 0.0568.